The number of pyridine rings is 1. The fourth-order valence-corrected chi connectivity index (χ4v) is 2.35. The van der Waals surface area contributed by atoms with Gasteiger partial charge in [-0.15, -0.1) is 0 Å². The first-order valence-corrected chi connectivity index (χ1v) is 7.97. The number of hydrogen-bond donors (Lipinski definition) is 2. The first kappa shape index (κ1) is 16.6. The van der Waals surface area contributed by atoms with Crippen molar-refractivity contribution >= 4 is 17.5 Å². The molecule has 1 aromatic carbocycles. The van der Waals surface area contributed by atoms with Crippen LogP contribution >= 0.6 is 0 Å². The summed E-state index contributed by atoms with van der Waals surface area (Å²) < 4.78 is 0. The van der Waals surface area contributed by atoms with Crippen molar-refractivity contribution in [1.82, 2.24) is 15.0 Å². The third-order valence-electron chi connectivity index (χ3n) is 3.52. The fourth-order valence-electron chi connectivity index (χ4n) is 2.35. The topological polar surface area (TPSA) is 79.8 Å². The van der Waals surface area contributed by atoms with Crippen molar-refractivity contribution in [1.29, 1.82) is 0 Å². The molecule has 0 atom stereocenters. The second kappa shape index (κ2) is 7.53. The summed E-state index contributed by atoms with van der Waals surface area (Å²) in [4.78, 5) is 25.3. The Morgan fingerprint density at radius 3 is 2.68 bits per heavy atom. The summed E-state index contributed by atoms with van der Waals surface area (Å²) in [5, 5.41) is 5.96. The Hall–Kier alpha value is -3.28. The van der Waals surface area contributed by atoms with Crippen LogP contribution in [-0.4, -0.2) is 20.9 Å². The maximum atomic E-state index is 12.5. The number of amides is 1. The van der Waals surface area contributed by atoms with Gasteiger partial charge in [-0.2, -0.15) is 0 Å². The van der Waals surface area contributed by atoms with Crippen molar-refractivity contribution in [3.63, 3.8) is 0 Å². The van der Waals surface area contributed by atoms with Crippen LogP contribution in [0.1, 0.15) is 27.4 Å². The van der Waals surface area contributed by atoms with Gasteiger partial charge in [0.2, 0.25) is 5.95 Å². The van der Waals surface area contributed by atoms with Crippen molar-refractivity contribution in [2.75, 3.05) is 10.6 Å². The molecular weight excluding hydrogens is 314 g/mol. The molecular formula is C19H19N5O. The summed E-state index contributed by atoms with van der Waals surface area (Å²) in [6.07, 6.45) is 1.73. The Morgan fingerprint density at radius 2 is 1.92 bits per heavy atom. The lowest BCUT2D eigenvalue weighted by molar-refractivity contribution is 0.102. The zero-order valence-corrected chi connectivity index (χ0v) is 14.2. The highest BCUT2D eigenvalue weighted by Gasteiger charge is 2.11. The molecule has 2 heterocycles. The molecule has 0 aliphatic rings. The zero-order valence-electron chi connectivity index (χ0n) is 14.2. The van der Waals surface area contributed by atoms with E-state index < -0.39 is 0 Å². The van der Waals surface area contributed by atoms with Crippen LogP contribution in [0.25, 0.3) is 0 Å². The molecule has 3 aromatic rings. The van der Waals surface area contributed by atoms with E-state index in [4.69, 9.17) is 0 Å². The molecule has 0 aliphatic carbocycles. The lowest BCUT2D eigenvalue weighted by Gasteiger charge is -2.09. The Balaban J connectivity index is 1.73. The van der Waals surface area contributed by atoms with Crippen LogP contribution in [0.5, 0.6) is 0 Å². The largest absolute Gasteiger partial charge is 0.349 e. The molecule has 2 N–H and O–H groups in total. The minimum absolute atomic E-state index is 0.267. The first-order valence-electron chi connectivity index (χ1n) is 7.97. The summed E-state index contributed by atoms with van der Waals surface area (Å²) in [6.45, 7) is 4.30. The van der Waals surface area contributed by atoms with Crippen molar-refractivity contribution in [3.8, 4) is 0 Å². The van der Waals surface area contributed by atoms with Crippen LogP contribution in [0.4, 0.5) is 11.6 Å². The summed E-state index contributed by atoms with van der Waals surface area (Å²) in [5.74, 6) is 0.136. The van der Waals surface area contributed by atoms with E-state index in [1.165, 1.54) is 0 Å². The van der Waals surface area contributed by atoms with Crippen LogP contribution in [-0.2, 0) is 6.54 Å². The van der Waals surface area contributed by atoms with E-state index in [2.05, 4.69) is 25.6 Å². The van der Waals surface area contributed by atoms with E-state index in [1.54, 1.807) is 12.3 Å². The standard InChI is InChI=1S/C19H19N5O/c1-13-6-5-8-15(10-13)23-18(25)17-11-14(2)22-19(24-17)21-12-16-7-3-4-9-20-16/h3-11H,12H2,1-2H3,(H,23,25)(H,21,22,24). The molecule has 0 bridgehead atoms. The van der Waals surface area contributed by atoms with Crippen molar-refractivity contribution in [3.05, 3.63) is 77.4 Å². The number of carbonyl (C=O) groups excluding carboxylic acids is 1. The minimum atomic E-state index is -0.267. The van der Waals surface area contributed by atoms with E-state index in [1.807, 2.05) is 56.3 Å². The average molecular weight is 333 g/mol. The smallest absolute Gasteiger partial charge is 0.274 e. The number of aromatic nitrogens is 3. The highest BCUT2D eigenvalue weighted by Crippen LogP contribution is 2.12. The summed E-state index contributed by atoms with van der Waals surface area (Å²) >= 11 is 0. The number of carbonyl (C=O) groups is 1. The lowest BCUT2D eigenvalue weighted by Crippen LogP contribution is -2.16. The fraction of sp³-hybridized carbons (Fsp3) is 0.158. The van der Waals surface area contributed by atoms with Crippen LogP contribution in [0.2, 0.25) is 0 Å². The molecule has 0 aliphatic heterocycles. The number of benzene rings is 1. The molecule has 0 saturated heterocycles. The molecule has 6 nitrogen and oxygen atoms in total. The quantitative estimate of drug-likeness (QED) is 0.748. The maximum absolute atomic E-state index is 12.5. The van der Waals surface area contributed by atoms with Gasteiger partial charge in [-0.1, -0.05) is 18.2 Å². The molecule has 0 saturated carbocycles. The third kappa shape index (κ3) is 4.60. The minimum Gasteiger partial charge on any atom is -0.349 e. The normalized spacial score (nSPS) is 10.3. The number of hydrogen-bond acceptors (Lipinski definition) is 5. The molecule has 3 rings (SSSR count). The SMILES string of the molecule is Cc1cccc(NC(=O)c2cc(C)nc(NCc3ccccn3)n2)c1. The molecule has 0 spiro atoms. The monoisotopic (exact) mass is 333 g/mol. The van der Waals surface area contributed by atoms with E-state index in [9.17, 15) is 4.79 Å². The van der Waals surface area contributed by atoms with Gasteiger partial charge in [0.1, 0.15) is 5.69 Å². The lowest BCUT2D eigenvalue weighted by atomic mass is 10.2. The zero-order chi connectivity index (χ0) is 17.6. The Bertz CT molecular complexity index is 880. The van der Waals surface area contributed by atoms with Gasteiger partial charge in [0, 0.05) is 17.6 Å². The number of anilines is 2. The summed E-state index contributed by atoms with van der Waals surface area (Å²) in [5.41, 5.74) is 3.72. The van der Waals surface area contributed by atoms with Gasteiger partial charge in [-0.25, -0.2) is 9.97 Å². The second-order valence-electron chi connectivity index (χ2n) is 5.72. The summed E-state index contributed by atoms with van der Waals surface area (Å²) in [6, 6.07) is 15.0. The summed E-state index contributed by atoms with van der Waals surface area (Å²) in [7, 11) is 0. The number of nitrogens with zero attached hydrogens (tertiary/aromatic N) is 3. The van der Waals surface area contributed by atoms with Crippen LogP contribution in [0.3, 0.4) is 0 Å². The average Bonchev–Trinajstić information content (AvgIpc) is 2.60. The van der Waals surface area contributed by atoms with Crippen molar-refractivity contribution in [2.24, 2.45) is 0 Å². The van der Waals surface area contributed by atoms with Crippen molar-refractivity contribution in [2.45, 2.75) is 20.4 Å². The molecule has 1 amide bonds. The Labute approximate surface area is 146 Å². The molecule has 0 radical (unpaired) electrons. The molecule has 126 valence electrons. The van der Waals surface area contributed by atoms with Crippen LogP contribution < -0.4 is 10.6 Å². The van der Waals surface area contributed by atoms with Gasteiger partial charge < -0.3 is 10.6 Å². The molecule has 0 unspecified atom stereocenters. The number of rotatable bonds is 5. The van der Waals surface area contributed by atoms with Gasteiger partial charge in [0.15, 0.2) is 0 Å². The van der Waals surface area contributed by atoms with Crippen LogP contribution in [0.15, 0.2) is 54.7 Å². The van der Waals surface area contributed by atoms with Crippen LogP contribution in [0, 0.1) is 13.8 Å². The van der Waals surface area contributed by atoms with Gasteiger partial charge in [-0.3, -0.25) is 9.78 Å². The molecule has 0 fully saturated rings. The van der Waals surface area contributed by atoms with E-state index in [-0.39, 0.29) is 5.91 Å². The Kier molecular flexibility index (Phi) is 4.99. The number of nitrogens with one attached hydrogen (secondary N) is 2. The highest BCUT2D eigenvalue weighted by molar-refractivity contribution is 6.03. The maximum Gasteiger partial charge on any atom is 0.274 e. The predicted molar refractivity (Wildman–Crippen MR) is 97.5 cm³/mol. The molecule has 25 heavy (non-hydrogen) atoms. The van der Waals surface area contributed by atoms with Gasteiger partial charge in [0.25, 0.3) is 5.91 Å². The second-order valence-corrected chi connectivity index (χ2v) is 5.72. The van der Waals surface area contributed by atoms with E-state index >= 15 is 0 Å². The highest BCUT2D eigenvalue weighted by atomic mass is 16.1. The molecule has 2 aromatic heterocycles. The Morgan fingerprint density at radius 1 is 1.04 bits per heavy atom. The van der Waals surface area contributed by atoms with Gasteiger partial charge >= 0.3 is 0 Å². The number of aryl methyl sites for hydroxylation is 2. The van der Waals surface area contributed by atoms with Gasteiger partial charge in [-0.05, 0) is 49.7 Å². The third-order valence-corrected chi connectivity index (χ3v) is 3.52. The van der Waals surface area contributed by atoms with E-state index in [0.717, 1.165) is 16.9 Å². The van der Waals surface area contributed by atoms with E-state index in [0.29, 0.717) is 23.9 Å². The predicted octanol–water partition coefficient (Wildman–Crippen LogP) is 3.35. The van der Waals surface area contributed by atoms with Gasteiger partial charge in [0.05, 0.1) is 12.2 Å². The first-order chi connectivity index (χ1) is 12.1. The van der Waals surface area contributed by atoms with Crippen molar-refractivity contribution < 1.29 is 4.79 Å². The molecule has 6 heteroatoms.